The number of benzene rings is 1. The van der Waals surface area contributed by atoms with Crippen molar-refractivity contribution < 1.29 is 9.59 Å². The number of thioether (sulfide) groups is 1. The number of hydrogen-bond acceptors (Lipinski definition) is 7. The molecule has 2 aromatic heterocycles. The number of nitrogens with zero attached hydrogens (tertiary/aromatic N) is 4. The van der Waals surface area contributed by atoms with E-state index in [1.165, 1.54) is 23.1 Å². The van der Waals surface area contributed by atoms with Crippen molar-refractivity contribution in [2.24, 2.45) is 5.92 Å². The van der Waals surface area contributed by atoms with Crippen molar-refractivity contribution in [3.8, 4) is 0 Å². The molecule has 1 unspecified atom stereocenters. The Labute approximate surface area is 189 Å². The highest BCUT2D eigenvalue weighted by Gasteiger charge is 2.26. The molecule has 31 heavy (non-hydrogen) atoms. The van der Waals surface area contributed by atoms with Crippen LogP contribution in [0.2, 0.25) is 0 Å². The molecule has 0 bridgehead atoms. The van der Waals surface area contributed by atoms with Crippen LogP contribution in [0.5, 0.6) is 0 Å². The van der Waals surface area contributed by atoms with E-state index in [9.17, 15) is 9.59 Å². The second kappa shape index (κ2) is 10.9. The van der Waals surface area contributed by atoms with Gasteiger partial charge in [-0.3, -0.25) is 9.59 Å². The number of anilines is 1. The Hall–Kier alpha value is -2.98. The molecule has 0 fully saturated rings. The van der Waals surface area contributed by atoms with E-state index in [1.54, 1.807) is 29.8 Å². The van der Waals surface area contributed by atoms with E-state index in [0.29, 0.717) is 28.2 Å². The fourth-order valence-electron chi connectivity index (χ4n) is 2.85. The molecule has 10 heteroatoms. The number of nitrogens with one attached hydrogen (secondary N) is 2. The molecule has 8 nitrogen and oxygen atoms in total. The maximum Gasteiger partial charge on any atom is 0.251 e. The third-order valence-electron chi connectivity index (χ3n) is 4.34. The van der Waals surface area contributed by atoms with Gasteiger partial charge in [-0.05, 0) is 18.1 Å². The number of aromatic nitrogens is 4. The molecule has 0 aliphatic carbocycles. The molecule has 162 valence electrons. The first-order valence-corrected chi connectivity index (χ1v) is 11.6. The number of amides is 2. The standard InChI is InChI=1S/C21H24N6O2S2/c1-4-11-27-18(17(14(2)3)24-19(29)15-8-6-5-7-9-15)25-26-21(27)31-13-16(28)23-20-22-10-12-30-20/h4-10,12,14,17H,1,11,13H2,2-3H3,(H,24,29)(H,22,23,28). The summed E-state index contributed by atoms with van der Waals surface area (Å²) in [5, 5.41) is 17.4. The largest absolute Gasteiger partial charge is 0.342 e. The van der Waals surface area contributed by atoms with Crippen molar-refractivity contribution in [1.82, 2.24) is 25.1 Å². The summed E-state index contributed by atoms with van der Waals surface area (Å²) in [6.45, 7) is 8.30. The zero-order valence-electron chi connectivity index (χ0n) is 17.3. The molecule has 0 radical (unpaired) electrons. The number of rotatable bonds is 10. The van der Waals surface area contributed by atoms with Crippen molar-refractivity contribution in [1.29, 1.82) is 0 Å². The Morgan fingerprint density at radius 2 is 2.03 bits per heavy atom. The van der Waals surface area contributed by atoms with Crippen molar-refractivity contribution in [3.63, 3.8) is 0 Å². The molecule has 0 saturated heterocycles. The average molecular weight is 457 g/mol. The van der Waals surface area contributed by atoms with Gasteiger partial charge in [-0.25, -0.2) is 4.98 Å². The predicted molar refractivity (Wildman–Crippen MR) is 123 cm³/mol. The lowest BCUT2D eigenvalue weighted by molar-refractivity contribution is -0.113. The molecule has 1 aromatic carbocycles. The Morgan fingerprint density at radius 1 is 1.26 bits per heavy atom. The Kier molecular flexibility index (Phi) is 7.96. The minimum absolute atomic E-state index is 0.0754. The quantitative estimate of drug-likeness (QED) is 0.356. The van der Waals surface area contributed by atoms with Gasteiger partial charge in [-0.2, -0.15) is 0 Å². The van der Waals surface area contributed by atoms with E-state index in [1.807, 2.05) is 36.6 Å². The monoisotopic (exact) mass is 456 g/mol. The molecule has 3 rings (SSSR count). The zero-order chi connectivity index (χ0) is 22.2. The Balaban J connectivity index is 1.75. The van der Waals surface area contributed by atoms with Crippen LogP contribution >= 0.6 is 23.1 Å². The van der Waals surface area contributed by atoms with Crippen LogP contribution in [-0.4, -0.2) is 37.3 Å². The molecule has 0 saturated carbocycles. The summed E-state index contributed by atoms with van der Waals surface area (Å²) in [5.41, 5.74) is 0.580. The van der Waals surface area contributed by atoms with Crippen LogP contribution in [-0.2, 0) is 11.3 Å². The lowest BCUT2D eigenvalue weighted by Gasteiger charge is -2.22. The SMILES string of the molecule is C=CCn1c(SCC(=O)Nc2nccs2)nnc1C(NC(=O)c1ccccc1)C(C)C. The summed E-state index contributed by atoms with van der Waals surface area (Å²) < 4.78 is 1.88. The lowest BCUT2D eigenvalue weighted by atomic mass is 10.0. The molecule has 3 aromatic rings. The Bertz CT molecular complexity index is 1020. The molecule has 0 spiro atoms. The smallest absolute Gasteiger partial charge is 0.251 e. The van der Waals surface area contributed by atoms with Gasteiger partial charge in [0.25, 0.3) is 5.91 Å². The summed E-state index contributed by atoms with van der Waals surface area (Å²) in [4.78, 5) is 29.0. The van der Waals surface area contributed by atoms with Crippen LogP contribution in [0.4, 0.5) is 5.13 Å². The molecular weight excluding hydrogens is 432 g/mol. The second-order valence-electron chi connectivity index (χ2n) is 6.98. The highest BCUT2D eigenvalue weighted by Crippen LogP contribution is 2.26. The van der Waals surface area contributed by atoms with Gasteiger partial charge in [-0.15, -0.1) is 28.1 Å². The van der Waals surface area contributed by atoms with Gasteiger partial charge in [0.05, 0.1) is 11.8 Å². The average Bonchev–Trinajstić information content (AvgIpc) is 3.41. The highest BCUT2D eigenvalue weighted by molar-refractivity contribution is 7.99. The minimum Gasteiger partial charge on any atom is -0.342 e. The first-order valence-electron chi connectivity index (χ1n) is 9.71. The first-order chi connectivity index (χ1) is 15.0. The molecule has 2 N–H and O–H groups in total. The topological polar surface area (TPSA) is 102 Å². The van der Waals surface area contributed by atoms with Crippen molar-refractivity contribution >= 4 is 40.0 Å². The number of thiazole rings is 1. The van der Waals surface area contributed by atoms with Crippen LogP contribution in [0.1, 0.15) is 36.1 Å². The van der Waals surface area contributed by atoms with Gasteiger partial charge in [-0.1, -0.05) is 49.9 Å². The predicted octanol–water partition coefficient (Wildman–Crippen LogP) is 3.78. The number of carbonyl (C=O) groups is 2. The fraction of sp³-hybridized carbons (Fsp3) is 0.286. The summed E-state index contributed by atoms with van der Waals surface area (Å²) in [6, 6.07) is 8.70. The van der Waals surface area contributed by atoms with E-state index in [0.717, 1.165) is 0 Å². The summed E-state index contributed by atoms with van der Waals surface area (Å²) in [6.07, 6.45) is 3.37. The van der Waals surface area contributed by atoms with Crippen molar-refractivity contribution in [2.75, 3.05) is 11.1 Å². The maximum absolute atomic E-state index is 12.7. The van der Waals surface area contributed by atoms with Crippen LogP contribution in [0.15, 0.2) is 59.7 Å². The van der Waals surface area contributed by atoms with Crippen LogP contribution < -0.4 is 10.6 Å². The molecular formula is C21H24N6O2S2. The zero-order valence-corrected chi connectivity index (χ0v) is 18.9. The van der Waals surface area contributed by atoms with Gasteiger partial charge >= 0.3 is 0 Å². The fourth-order valence-corrected chi connectivity index (χ4v) is 4.15. The van der Waals surface area contributed by atoms with Gasteiger partial charge in [0.15, 0.2) is 16.1 Å². The minimum atomic E-state index is -0.348. The number of hydrogen-bond donors (Lipinski definition) is 2. The second-order valence-corrected chi connectivity index (χ2v) is 8.81. The highest BCUT2D eigenvalue weighted by atomic mass is 32.2. The summed E-state index contributed by atoms with van der Waals surface area (Å²) in [7, 11) is 0. The van der Waals surface area contributed by atoms with E-state index in [-0.39, 0.29) is 29.5 Å². The maximum atomic E-state index is 12.7. The van der Waals surface area contributed by atoms with E-state index in [2.05, 4.69) is 32.4 Å². The number of carbonyl (C=O) groups excluding carboxylic acids is 2. The first kappa shape index (κ1) is 22.7. The number of allylic oxidation sites excluding steroid dienone is 1. The van der Waals surface area contributed by atoms with E-state index < -0.39 is 0 Å². The third kappa shape index (κ3) is 6.02. The third-order valence-corrected chi connectivity index (χ3v) is 5.99. The van der Waals surface area contributed by atoms with Crippen LogP contribution in [0.3, 0.4) is 0 Å². The van der Waals surface area contributed by atoms with Crippen molar-refractivity contribution in [3.05, 3.63) is 66.0 Å². The molecule has 1 atom stereocenters. The van der Waals surface area contributed by atoms with Crippen molar-refractivity contribution in [2.45, 2.75) is 31.6 Å². The molecule has 2 amide bonds. The van der Waals surface area contributed by atoms with Crippen LogP contribution in [0, 0.1) is 5.92 Å². The van der Waals surface area contributed by atoms with Gasteiger partial charge in [0.1, 0.15) is 0 Å². The normalized spacial score (nSPS) is 11.8. The molecule has 2 heterocycles. The van der Waals surface area contributed by atoms with Gasteiger partial charge in [0, 0.05) is 23.7 Å². The Morgan fingerprint density at radius 3 is 2.68 bits per heavy atom. The van der Waals surface area contributed by atoms with E-state index >= 15 is 0 Å². The summed E-state index contributed by atoms with van der Waals surface area (Å²) in [5.74, 6) is 0.516. The summed E-state index contributed by atoms with van der Waals surface area (Å²) >= 11 is 2.64. The van der Waals surface area contributed by atoms with Crippen LogP contribution in [0.25, 0.3) is 0 Å². The lowest BCUT2D eigenvalue weighted by Crippen LogP contribution is -2.33. The molecule has 0 aliphatic rings. The van der Waals surface area contributed by atoms with E-state index in [4.69, 9.17) is 0 Å². The van der Waals surface area contributed by atoms with Gasteiger partial charge in [0.2, 0.25) is 5.91 Å². The molecule has 0 aliphatic heterocycles. The van der Waals surface area contributed by atoms with Gasteiger partial charge < -0.3 is 15.2 Å².